The zero-order chi connectivity index (χ0) is 16.8. The van der Waals surface area contributed by atoms with Gasteiger partial charge >= 0.3 is 0 Å². The first-order valence-corrected chi connectivity index (χ1v) is 7.84. The molecule has 0 saturated heterocycles. The molecular formula is C19H18BN4. The lowest BCUT2D eigenvalue weighted by Gasteiger charge is -2.08. The Morgan fingerprint density at radius 3 is 2.62 bits per heavy atom. The largest absolute Gasteiger partial charge is 0.324 e. The van der Waals surface area contributed by atoms with Gasteiger partial charge in [-0.05, 0) is 37.1 Å². The maximum absolute atomic E-state index is 4.45. The third kappa shape index (κ3) is 4.07. The van der Waals surface area contributed by atoms with E-state index in [9.17, 15) is 0 Å². The van der Waals surface area contributed by atoms with Crippen molar-refractivity contribution in [3.8, 4) is 0 Å². The molecule has 0 unspecified atom stereocenters. The Morgan fingerprint density at radius 2 is 1.88 bits per heavy atom. The van der Waals surface area contributed by atoms with Gasteiger partial charge in [-0.25, -0.2) is 15.0 Å². The number of hydrogen-bond donors (Lipinski definition) is 1. The van der Waals surface area contributed by atoms with E-state index >= 15 is 0 Å². The lowest BCUT2D eigenvalue weighted by molar-refractivity contribution is 1.09. The molecule has 5 heteroatoms. The van der Waals surface area contributed by atoms with Gasteiger partial charge in [0.1, 0.15) is 6.33 Å². The predicted molar refractivity (Wildman–Crippen MR) is 100 cm³/mol. The average Bonchev–Trinajstić information content (AvgIpc) is 2.59. The van der Waals surface area contributed by atoms with Crippen LogP contribution in [0.3, 0.4) is 0 Å². The number of benzene rings is 2. The lowest BCUT2D eigenvalue weighted by Crippen LogP contribution is -2.32. The number of anilines is 2. The Kier molecular flexibility index (Phi) is 5.01. The van der Waals surface area contributed by atoms with Crippen LogP contribution in [-0.4, -0.2) is 22.2 Å². The topological polar surface area (TPSA) is 50.7 Å². The van der Waals surface area contributed by atoms with Crippen LogP contribution in [0.4, 0.5) is 11.6 Å². The van der Waals surface area contributed by atoms with E-state index in [0.29, 0.717) is 11.7 Å². The summed E-state index contributed by atoms with van der Waals surface area (Å²) in [5.41, 5.74) is 5.04. The van der Waals surface area contributed by atoms with Crippen molar-refractivity contribution in [2.75, 3.05) is 5.32 Å². The van der Waals surface area contributed by atoms with Gasteiger partial charge in [-0.3, -0.25) is 0 Å². The van der Waals surface area contributed by atoms with Gasteiger partial charge in [0.05, 0.1) is 5.72 Å². The fourth-order valence-electron chi connectivity index (χ4n) is 2.39. The average molecular weight is 313 g/mol. The summed E-state index contributed by atoms with van der Waals surface area (Å²) < 4.78 is 0. The zero-order valence-corrected chi connectivity index (χ0v) is 13.8. The van der Waals surface area contributed by atoms with Gasteiger partial charge in [0.15, 0.2) is 0 Å². The Hall–Kier alpha value is -2.95. The molecule has 0 aliphatic heterocycles. The Bertz CT molecular complexity index is 847. The number of hydrogen-bond acceptors (Lipinski definition) is 4. The van der Waals surface area contributed by atoms with Crippen molar-refractivity contribution in [3.63, 3.8) is 0 Å². The summed E-state index contributed by atoms with van der Waals surface area (Å²) in [6.07, 6.45) is 5.65. The standard InChI is InChI=1S/C19H18BN4/c1-3-7-15-10-11-17(12-14(15)2)23-19-22-13-21-18(24-19)20-16-8-5-4-6-9-16/h3-13H,1-2H3,(H,21,22,23,24)/b7-3+. The first kappa shape index (κ1) is 15.9. The Labute approximate surface area is 143 Å². The Morgan fingerprint density at radius 1 is 1.04 bits per heavy atom. The quantitative estimate of drug-likeness (QED) is 0.736. The summed E-state index contributed by atoms with van der Waals surface area (Å²) in [6, 6.07) is 16.2. The fraction of sp³-hybridized carbons (Fsp3) is 0.105. The number of rotatable bonds is 5. The number of allylic oxidation sites excluding steroid dienone is 1. The van der Waals surface area contributed by atoms with Crippen molar-refractivity contribution < 1.29 is 0 Å². The number of aromatic nitrogens is 3. The van der Waals surface area contributed by atoms with Crippen LogP contribution < -0.4 is 16.5 Å². The maximum Gasteiger partial charge on any atom is 0.243 e. The van der Waals surface area contributed by atoms with Crippen LogP contribution in [0.2, 0.25) is 0 Å². The van der Waals surface area contributed by atoms with Crippen LogP contribution in [0.15, 0.2) is 60.9 Å². The molecule has 0 aliphatic carbocycles. The predicted octanol–water partition coefficient (Wildman–Crippen LogP) is 2.61. The molecule has 0 atom stereocenters. The first-order chi connectivity index (χ1) is 11.7. The van der Waals surface area contributed by atoms with E-state index in [4.69, 9.17) is 0 Å². The van der Waals surface area contributed by atoms with Crippen molar-refractivity contribution in [3.05, 3.63) is 72.1 Å². The van der Waals surface area contributed by atoms with E-state index in [1.165, 1.54) is 17.5 Å². The van der Waals surface area contributed by atoms with E-state index in [1.54, 1.807) is 0 Å². The van der Waals surface area contributed by atoms with Crippen molar-refractivity contribution in [1.29, 1.82) is 0 Å². The fourth-order valence-corrected chi connectivity index (χ4v) is 2.39. The third-order valence-corrected chi connectivity index (χ3v) is 3.56. The highest BCUT2D eigenvalue weighted by molar-refractivity contribution is 6.65. The van der Waals surface area contributed by atoms with Crippen LogP contribution in [0.1, 0.15) is 18.1 Å². The summed E-state index contributed by atoms with van der Waals surface area (Å²) in [5, 5.41) is 3.23. The molecule has 0 fully saturated rings. The minimum absolute atomic E-state index is 0.533. The van der Waals surface area contributed by atoms with E-state index in [2.05, 4.69) is 45.4 Å². The molecule has 2 aromatic carbocycles. The van der Waals surface area contributed by atoms with Crippen molar-refractivity contribution in [2.24, 2.45) is 0 Å². The van der Waals surface area contributed by atoms with Gasteiger partial charge in [-0.2, -0.15) is 0 Å². The summed E-state index contributed by atoms with van der Waals surface area (Å²) in [4.78, 5) is 12.9. The second kappa shape index (κ2) is 7.55. The number of aryl methyl sites for hydroxylation is 1. The summed E-state index contributed by atoms with van der Waals surface area (Å²) in [5.74, 6) is 0.533. The van der Waals surface area contributed by atoms with Gasteiger partial charge in [0, 0.05) is 5.69 Å². The Balaban J connectivity index is 1.76. The van der Waals surface area contributed by atoms with E-state index in [0.717, 1.165) is 11.2 Å². The molecule has 1 N–H and O–H groups in total. The van der Waals surface area contributed by atoms with Gasteiger partial charge in [0.2, 0.25) is 13.2 Å². The second-order valence-corrected chi connectivity index (χ2v) is 5.42. The highest BCUT2D eigenvalue weighted by Crippen LogP contribution is 2.18. The molecule has 3 aromatic rings. The number of nitrogens with zero attached hydrogens (tertiary/aromatic N) is 3. The van der Waals surface area contributed by atoms with E-state index in [1.807, 2.05) is 56.7 Å². The molecule has 0 amide bonds. The molecule has 1 aromatic heterocycles. The van der Waals surface area contributed by atoms with Crippen molar-refractivity contribution in [2.45, 2.75) is 13.8 Å². The van der Waals surface area contributed by atoms with Gasteiger partial charge in [0.25, 0.3) is 0 Å². The minimum atomic E-state index is 0.533. The van der Waals surface area contributed by atoms with Crippen LogP contribution in [0.5, 0.6) is 0 Å². The molecule has 117 valence electrons. The third-order valence-electron chi connectivity index (χ3n) is 3.56. The molecule has 4 nitrogen and oxygen atoms in total. The minimum Gasteiger partial charge on any atom is -0.324 e. The molecule has 0 bridgehead atoms. The molecule has 1 radical (unpaired) electrons. The molecule has 0 aliphatic rings. The van der Waals surface area contributed by atoms with Crippen LogP contribution in [-0.2, 0) is 0 Å². The van der Waals surface area contributed by atoms with E-state index in [-0.39, 0.29) is 0 Å². The van der Waals surface area contributed by atoms with Gasteiger partial charge in [-0.15, -0.1) is 0 Å². The smallest absolute Gasteiger partial charge is 0.243 e. The summed E-state index contributed by atoms with van der Waals surface area (Å²) in [6.45, 7) is 4.10. The zero-order valence-electron chi connectivity index (χ0n) is 13.8. The SMILES string of the molecule is C/C=C/c1ccc(Nc2ncnc([B]c3ccccc3)n2)cc1C. The molecular weight excluding hydrogens is 295 g/mol. The first-order valence-electron chi connectivity index (χ1n) is 7.84. The lowest BCUT2D eigenvalue weighted by atomic mass is 9.69. The van der Waals surface area contributed by atoms with Crippen molar-refractivity contribution >= 4 is 36.2 Å². The maximum atomic E-state index is 4.45. The monoisotopic (exact) mass is 313 g/mol. The van der Waals surface area contributed by atoms with Crippen LogP contribution in [0.25, 0.3) is 6.08 Å². The van der Waals surface area contributed by atoms with Crippen LogP contribution in [0, 0.1) is 6.92 Å². The molecule has 0 spiro atoms. The molecule has 0 saturated carbocycles. The number of nitrogens with one attached hydrogen (secondary N) is 1. The van der Waals surface area contributed by atoms with Gasteiger partial charge < -0.3 is 5.32 Å². The second-order valence-electron chi connectivity index (χ2n) is 5.42. The van der Waals surface area contributed by atoms with E-state index < -0.39 is 0 Å². The highest BCUT2D eigenvalue weighted by Gasteiger charge is 2.05. The van der Waals surface area contributed by atoms with Gasteiger partial charge in [-0.1, -0.05) is 54.0 Å². The normalized spacial score (nSPS) is 10.8. The highest BCUT2D eigenvalue weighted by atomic mass is 15.1. The van der Waals surface area contributed by atoms with Crippen molar-refractivity contribution in [1.82, 2.24) is 15.0 Å². The summed E-state index contributed by atoms with van der Waals surface area (Å²) >= 11 is 0. The molecule has 24 heavy (non-hydrogen) atoms. The molecule has 1 heterocycles. The van der Waals surface area contributed by atoms with Crippen LogP contribution >= 0.6 is 0 Å². The summed E-state index contributed by atoms with van der Waals surface area (Å²) in [7, 11) is 1.92. The molecule has 3 rings (SSSR count).